The van der Waals surface area contributed by atoms with Gasteiger partial charge in [-0.05, 0) is 38.7 Å². The summed E-state index contributed by atoms with van der Waals surface area (Å²) in [6.45, 7) is 7.55. The molecule has 1 aliphatic rings. The number of Topliss-reactive ketones (excluding diaryl/α,β-unsaturated/α-hetero) is 1. The van der Waals surface area contributed by atoms with E-state index in [1.807, 2.05) is 19.6 Å². The molecule has 1 aromatic rings. The normalized spacial score (nSPS) is 24.3. The average Bonchev–Trinajstić information content (AvgIpc) is 2.82. The van der Waals surface area contributed by atoms with Crippen LogP contribution in [0.25, 0.3) is 0 Å². The fraction of sp³-hybridized carbons (Fsp3) is 0.417. The minimum atomic E-state index is -1.92. The highest BCUT2D eigenvalue weighted by Crippen LogP contribution is 2.38. The summed E-state index contributed by atoms with van der Waals surface area (Å²) in [4.78, 5) is 12.4. The number of furan rings is 1. The first-order chi connectivity index (χ1) is 8.24. The van der Waals surface area contributed by atoms with Crippen LogP contribution in [0.5, 0.6) is 0 Å². The van der Waals surface area contributed by atoms with Crippen LogP contribution >= 0.6 is 0 Å². The van der Waals surface area contributed by atoms with Gasteiger partial charge >= 0.3 is 0 Å². The highest BCUT2D eigenvalue weighted by molar-refractivity contribution is 6.70. The van der Waals surface area contributed by atoms with E-state index in [4.69, 9.17) is 19.3 Å². The molecule has 1 aromatic heterocycles. The van der Waals surface area contributed by atoms with Gasteiger partial charge in [0.15, 0.2) is 5.76 Å². The summed E-state index contributed by atoms with van der Waals surface area (Å²) >= 11 is 0. The molecule has 5 nitrogen and oxygen atoms in total. The van der Waals surface area contributed by atoms with Crippen molar-refractivity contribution in [2.45, 2.75) is 32.2 Å². The van der Waals surface area contributed by atoms with Crippen molar-refractivity contribution in [1.29, 1.82) is 0 Å². The van der Waals surface area contributed by atoms with Crippen molar-refractivity contribution < 1.29 is 18.4 Å². The Bertz CT molecular complexity index is 501. The van der Waals surface area contributed by atoms with Crippen molar-refractivity contribution in [2.75, 3.05) is 0 Å². The van der Waals surface area contributed by atoms with Crippen LogP contribution in [0.4, 0.5) is 0 Å². The largest absolute Gasteiger partial charge is 0.538 e. The molecule has 2 rings (SSSR count). The van der Waals surface area contributed by atoms with Crippen LogP contribution in [0.1, 0.15) is 12.7 Å². The predicted octanol–water partition coefficient (Wildman–Crippen LogP) is 2.07. The Morgan fingerprint density at radius 3 is 2.56 bits per heavy atom. The fourth-order valence-electron chi connectivity index (χ4n) is 1.76. The van der Waals surface area contributed by atoms with E-state index in [1.165, 1.54) is 6.26 Å². The van der Waals surface area contributed by atoms with E-state index >= 15 is 0 Å². The second-order valence-electron chi connectivity index (χ2n) is 5.35. The van der Waals surface area contributed by atoms with Crippen LogP contribution in [0.15, 0.2) is 34.5 Å². The molecule has 0 spiro atoms. The Morgan fingerprint density at radius 2 is 2.06 bits per heavy atom. The summed E-state index contributed by atoms with van der Waals surface area (Å²) in [5, 5.41) is 0. The van der Waals surface area contributed by atoms with Gasteiger partial charge in [-0.15, -0.1) is 0 Å². The lowest BCUT2D eigenvalue weighted by Crippen LogP contribution is -2.34. The van der Waals surface area contributed by atoms with Gasteiger partial charge in [0.2, 0.25) is 25.6 Å². The van der Waals surface area contributed by atoms with Gasteiger partial charge in [0.25, 0.3) is 5.78 Å². The number of carbonyl (C=O) groups excluding carboxylic acids is 1. The summed E-state index contributed by atoms with van der Waals surface area (Å²) in [5.41, 5.74) is 4.53. The van der Waals surface area contributed by atoms with Crippen molar-refractivity contribution in [2.24, 2.45) is 5.73 Å². The molecule has 1 unspecified atom stereocenters. The van der Waals surface area contributed by atoms with Gasteiger partial charge in [0.05, 0.1) is 6.26 Å². The first-order valence-corrected chi connectivity index (χ1v) is 9.11. The van der Waals surface area contributed by atoms with Gasteiger partial charge in [-0.25, -0.2) is 0 Å². The van der Waals surface area contributed by atoms with E-state index < -0.39 is 13.9 Å². The van der Waals surface area contributed by atoms with E-state index in [2.05, 4.69) is 0 Å². The number of rotatable bonds is 3. The molecule has 6 heteroatoms. The second-order valence-corrected chi connectivity index (χ2v) is 9.78. The Balaban J connectivity index is 2.32. The van der Waals surface area contributed by atoms with Crippen LogP contribution in [0, 0.1) is 0 Å². The molecule has 0 saturated heterocycles. The maximum Gasteiger partial charge on any atom is 0.252 e. The van der Waals surface area contributed by atoms with Crippen molar-refractivity contribution in [1.82, 2.24) is 0 Å². The summed E-state index contributed by atoms with van der Waals surface area (Å²) in [6.07, 6.45) is 1.49. The lowest BCUT2D eigenvalue weighted by atomic mass is 9.98. The Labute approximate surface area is 107 Å². The molecule has 0 bridgehead atoms. The molecule has 98 valence electrons. The number of nitrogens with two attached hydrogens (primary N) is 1. The molecule has 0 aromatic carbocycles. The third-order valence-corrected chi connectivity index (χ3v) is 3.39. The van der Waals surface area contributed by atoms with Crippen LogP contribution in [0.2, 0.25) is 19.6 Å². The van der Waals surface area contributed by atoms with Crippen molar-refractivity contribution in [3.63, 3.8) is 0 Å². The number of ketones is 1. The van der Waals surface area contributed by atoms with Crippen molar-refractivity contribution in [3.8, 4) is 0 Å². The van der Waals surface area contributed by atoms with Crippen LogP contribution in [-0.4, -0.2) is 14.1 Å². The first kappa shape index (κ1) is 12.8. The van der Waals surface area contributed by atoms with Gasteiger partial charge in [-0.1, -0.05) is 0 Å². The molecule has 2 N–H and O–H groups in total. The zero-order valence-electron chi connectivity index (χ0n) is 10.9. The maximum atomic E-state index is 12.4. The highest BCUT2D eigenvalue weighted by atomic mass is 28.4. The molecule has 0 radical (unpaired) electrons. The van der Waals surface area contributed by atoms with E-state index in [1.54, 1.807) is 19.1 Å². The zero-order valence-corrected chi connectivity index (χ0v) is 11.9. The molecule has 2 heterocycles. The molecule has 1 atom stereocenters. The van der Waals surface area contributed by atoms with Crippen molar-refractivity contribution >= 4 is 14.1 Å². The Kier molecular flexibility index (Phi) is 2.77. The predicted molar refractivity (Wildman–Crippen MR) is 67.8 cm³/mol. The monoisotopic (exact) mass is 267 g/mol. The third kappa shape index (κ3) is 2.03. The molecule has 0 saturated carbocycles. The average molecular weight is 267 g/mol. The Hall–Kier alpha value is -1.69. The molecular weight excluding hydrogens is 250 g/mol. The van der Waals surface area contributed by atoms with Gasteiger partial charge in [-0.3, -0.25) is 4.79 Å². The van der Waals surface area contributed by atoms with Crippen molar-refractivity contribution in [3.05, 3.63) is 35.8 Å². The molecule has 0 amide bonds. The third-order valence-electron chi connectivity index (χ3n) is 2.58. The molecule has 18 heavy (non-hydrogen) atoms. The second kappa shape index (κ2) is 3.91. The van der Waals surface area contributed by atoms with Gasteiger partial charge in [0, 0.05) is 0 Å². The van der Waals surface area contributed by atoms with Gasteiger partial charge < -0.3 is 19.3 Å². The summed E-state index contributed by atoms with van der Waals surface area (Å²) in [5.74, 6) is 0.274. The first-order valence-electron chi connectivity index (χ1n) is 5.70. The van der Waals surface area contributed by atoms with Crippen LogP contribution in [0.3, 0.4) is 0 Å². The lowest BCUT2D eigenvalue weighted by Gasteiger charge is -2.21. The van der Waals surface area contributed by atoms with Crippen LogP contribution in [-0.2, 0) is 19.6 Å². The lowest BCUT2D eigenvalue weighted by molar-refractivity contribution is -0.133. The van der Waals surface area contributed by atoms with E-state index in [-0.39, 0.29) is 17.4 Å². The number of carbonyl (C=O) groups is 1. The minimum absolute atomic E-state index is 0.0290. The van der Waals surface area contributed by atoms with Crippen LogP contribution < -0.4 is 5.73 Å². The summed E-state index contributed by atoms with van der Waals surface area (Å²) in [6, 6.07) is 3.38. The topological polar surface area (TPSA) is 74.7 Å². The molecule has 1 aliphatic heterocycles. The standard InChI is InChI=1S/C12H17NO4Si/c1-12(8-6-5-7-15-8)10(14)9(11(13)16-12)17-18(2,3)4/h5-7H,13H2,1-4H3. The molecular formula is C12H17NO4Si. The quantitative estimate of drug-likeness (QED) is 0.849. The highest BCUT2D eigenvalue weighted by Gasteiger charge is 2.50. The summed E-state index contributed by atoms with van der Waals surface area (Å²) in [7, 11) is -1.92. The Morgan fingerprint density at radius 1 is 1.39 bits per heavy atom. The van der Waals surface area contributed by atoms with E-state index in [9.17, 15) is 4.79 Å². The molecule has 0 fully saturated rings. The fourth-order valence-corrected chi connectivity index (χ4v) is 2.56. The van der Waals surface area contributed by atoms with E-state index in [0.717, 1.165) is 0 Å². The number of ether oxygens (including phenoxy) is 1. The van der Waals surface area contributed by atoms with Gasteiger partial charge in [0.1, 0.15) is 0 Å². The smallest absolute Gasteiger partial charge is 0.252 e. The number of hydrogen-bond donors (Lipinski definition) is 1. The summed E-state index contributed by atoms with van der Waals surface area (Å²) < 4.78 is 16.4. The van der Waals surface area contributed by atoms with E-state index in [0.29, 0.717) is 5.76 Å². The SMILES string of the molecule is CC1(c2ccco2)OC(N)=C(O[Si](C)(C)C)C1=O. The minimum Gasteiger partial charge on any atom is -0.538 e. The zero-order chi connectivity index (χ0) is 13.6. The number of hydrogen-bond acceptors (Lipinski definition) is 5. The van der Waals surface area contributed by atoms with Gasteiger partial charge in [-0.2, -0.15) is 0 Å². The maximum absolute atomic E-state index is 12.4. The molecule has 0 aliphatic carbocycles.